The van der Waals surface area contributed by atoms with Gasteiger partial charge in [0.05, 0.1) is 14.2 Å². The molecule has 0 radical (unpaired) electrons. The lowest BCUT2D eigenvalue weighted by Gasteiger charge is -2.07. The number of nitrogens with zero attached hydrogens (tertiary/aromatic N) is 2. The van der Waals surface area contributed by atoms with Crippen LogP contribution in [-0.2, 0) is 0 Å². The third-order valence-corrected chi connectivity index (χ3v) is 3.12. The SMILES string of the molecule is COc1ccc(-c2noc(-c3ccc[nH]c3=O)n2)cc1OC. The van der Waals surface area contributed by atoms with E-state index in [0.29, 0.717) is 28.5 Å². The number of rotatable bonds is 4. The van der Waals surface area contributed by atoms with Gasteiger partial charge in [0.2, 0.25) is 5.82 Å². The third kappa shape index (κ3) is 2.44. The number of benzene rings is 1. The maximum Gasteiger partial charge on any atom is 0.263 e. The van der Waals surface area contributed by atoms with Crippen LogP contribution in [0.25, 0.3) is 22.8 Å². The van der Waals surface area contributed by atoms with Crippen molar-refractivity contribution in [1.82, 2.24) is 15.1 Å². The summed E-state index contributed by atoms with van der Waals surface area (Å²) in [4.78, 5) is 18.5. The Morgan fingerprint density at radius 1 is 1.14 bits per heavy atom. The van der Waals surface area contributed by atoms with E-state index >= 15 is 0 Å². The van der Waals surface area contributed by atoms with Gasteiger partial charge in [-0.1, -0.05) is 5.16 Å². The standard InChI is InChI=1S/C15H13N3O4/c1-20-11-6-5-9(8-12(11)21-2)13-17-15(22-18-13)10-4-3-7-16-14(10)19/h3-8H,1-2H3,(H,16,19). The number of ether oxygens (including phenoxy) is 2. The van der Waals surface area contributed by atoms with Gasteiger partial charge in [-0.25, -0.2) is 0 Å². The topological polar surface area (TPSA) is 90.2 Å². The van der Waals surface area contributed by atoms with Crippen molar-refractivity contribution < 1.29 is 14.0 Å². The molecular weight excluding hydrogens is 286 g/mol. The second-order valence-corrected chi connectivity index (χ2v) is 4.41. The van der Waals surface area contributed by atoms with E-state index in [0.717, 1.165) is 0 Å². The molecule has 0 spiro atoms. The molecule has 0 saturated carbocycles. The summed E-state index contributed by atoms with van der Waals surface area (Å²) >= 11 is 0. The van der Waals surface area contributed by atoms with E-state index in [1.807, 2.05) is 0 Å². The van der Waals surface area contributed by atoms with Crippen molar-refractivity contribution >= 4 is 0 Å². The zero-order valence-electron chi connectivity index (χ0n) is 12.0. The molecule has 0 fully saturated rings. The highest BCUT2D eigenvalue weighted by Crippen LogP contribution is 2.31. The maximum atomic E-state index is 11.7. The van der Waals surface area contributed by atoms with E-state index in [2.05, 4.69) is 15.1 Å². The summed E-state index contributed by atoms with van der Waals surface area (Å²) < 4.78 is 15.6. The van der Waals surface area contributed by atoms with Crippen LogP contribution >= 0.6 is 0 Å². The first-order chi connectivity index (χ1) is 10.7. The van der Waals surface area contributed by atoms with Crippen molar-refractivity contribution in [2.75, 3.05) is 14.2 Å². The fourth-order valence-corrected chi connectivity index (χ4v) is 2.02. The van der Waals surface area contributed by atoms with Crippen molar-refractivity contribution in [1.29, 1.82) is 0 Å². The lowest BCUT2D eigenvalue weighted by molar-refractivity contribution is 0.355. The number of pyridine rings is 1. The summed E-state index contributed by atoms with van der Waals surface area (Å²) in [6, 6.07) is 8.58. The number of hydrogen-bond donors (Lipinski definition) is 1. The average Bonchev–Trinajstić information content (AvgIpc) is 3.04. The zero-order chi connectivity index (χ0) is 15.5. The first-order valence-corrected chi connectivity index (χ1v) is 6.47. The Morgan fingerprint density at radius 2 is 1.95 bits per heavy atom. The number of aromatic nitrogens is 3. The number of methoxy groups -OCH3 is 2. The van der Waals surface area contributed by atoms with E-state index in [1.54, 1.807) is 44.6 Å². The van der Waals surface area contributed by atoms with Crippen LogP contribution in [-0.4, -0.2) is 29.3 Å². The molecular formula is C15H13N3O4. The number of nitrogens with one attached hydrogen (secondary N) is 1. The number of hydrogen-bond acceptors (Lipinski definition) is 6. The van der Waals surface area contributed by atoms with Crippen LogP contribution in [0.1, 0.15) is 0 Å². The van der Waals surface area contributed by atoms with Gasteiger partial charge in [-0.15, -0.1) is 0 Å². The minimum atomic E-state index is -0.287. The van der Waals surface area contributed by atoms with Crippen LogP contribution in [0.15, 0.2) is 45.8 Å². The van der Waals surface area contributed by atoms with Gasteiger partial charge in [-0.3, -0.25) is 4.79 Å². The second-order valence-electron chi connectivity index (χ2n) is 4.41. The quantitative estimate of drug-likeness (QED) is 0.793. The van der Waals surface area contributed by atoms with Crippen molar-refractivity contribution in [3.8, 4) is 34.3 Å². The first kappa shape index (κ1) is 13.9. The van der Waals surface area contributed by atoms with Gasteiger partial charge in [-0.05, 0) is 30.3 Å². The van der Waals surface area contributed by atoms with Crippen molar-refractivity contribution in [3.05, 3.63) is 46.9 Å². The largest absolute Gasteiger partial charge is 0.493 e. The molecule has 1 aromatic carbocycles. The molecule has 3 rings (SSSR count). The van der Waals surface area contributed by atoms with E-state index in [-0.39, 0.29) is 11.4 Å². The minimum absolute atomic E-state index is 0.159. The normalized spacial score (nSPS) is 10.5. The van der Waals surface area contributed by atoms with Crippen molar-refractivity contribution in [3.63, 3.8) is 0 Å². The molecule has 0 amide bonds. The van der Waals surface area contributed by atoms with Crippen LogP contribution in [0.4, 0.5) is 0 Å². The Hall–Kier alpha value is -3.09. The van der Waals surface area contributed by atoms with E-state index in [4.69, 9.17) is 14.0 Å². The van der Waals surface area contributed by atoms with Crippen LogP contribution in [0.5, 0.6) is 11.5 Å². The number of H-pyrrole nitrogens is 1. The molecule has 2 aromatic heterocycles. The molecule has 112 valence electrons. The molecule has 0 aliphatic rings. The lowest BCUT2D eigenvalue weighted by atomic mass is 10.2. The number of aromatic amines is 1. The molecule has 7 heteroatoms. The molecule has 0 atom stereocenters. The average molecular weight is 299 g/mol. The summed E-state index contributed by atoms with van der Waals surface area (Å²) in [7, 11) is 3.11. The fraction of sp³-hybridized carbons (Fsp3) is 0.133. The lowest BCUT2D eigenvalue weighted by Crippen LogP contribution is -2.06. The van der Waals surface area contributed by atoms with Crippen molar-refractivity contribution in [2.45, 2.75) is 0 Å². The highest BCUT2D eigenvalue weighted by atomic mass is 16.5. The summed E-state index contributed by atoms with van der Waals surface area (Å²) in [6.45, 7) is 0. The van der Waals surface area contributed by atoms with Crippen LogP contribution in [0.3, 0.4) is 0 Å². The van der Waals surface area contributed by atoms with Gasteiger partial charge in [0.15, 0.2) is 11.5 Å². The Kier molecular flexibility index (Phi) is 3.61. The predicted octanol–water partition coefficient (Wildman–Crippen LogP) is 2.11. The maximum absolute atomic E-state index is 11.7. The van der Waals surface area contributed by atoms with Gasteiger partial charge in [0.25, 0.3) is 11.4 Å². The smallest absolute Gasteiger partial charge is 0.263 e. The summed E-state index contributed by atoms with van der Waals surface area (Å²) in [5, 5.41) is 3.90. The van der Waals surface area contributed by atoms with Crippen molar-refractivity contribution in [2.24, 2.45) is 0 Å². The molecule has 0 unspecified atom stereocenters. The Bertz CT molecular complexity index is 854. The minimum Gasteiger partial charge on any atom is -0.493 e. The van der Waals surface area contributed by atoms with E-state index in [1.165, 1.54) is 6.20 Å². The summed E-state index contributed by atoms with van der Waals surface area (Å²) in [6.07, 6.45) is 1.54. The highest BCUT2D eigenvalue weighted by Gasteiger charge is 2.14. The molecule has 0 saturated heterocycles. The molecule has 0 bridgehead atoms. The van der Waals surface area contributed by atoms with Gasteiger partial charge in [0.1, 0.15) is 5.56 Å². The Labute approximate surface area is 125 Å². The molecule has 3 aromatic rings. The van der Waals surface area contributed by atoms with E-state index < -0.39 is 0 Å². The van der Waals surface area contributed by atoms with E-state index in [9.17, 15) is 4.79 Å². The van der Waals surface area contributed by atoms with Crippen LogP contribution in [0.2, 0.25) is 0 Å². The molecule has 7 nitrogen and oxygen atoms in total. The molecule has 0 aliphatic carbocycles. The molecule has 1 N–H and O–H groups in total. The third-order valence-electron chi connectivity index (χ3n) is 3.12. The first-order valence-electron chi connectivity index (χ1n) is 6.47. The summed E-state index contributed by atoms with van der Waals surface area (Å²) in [5.41, 5.74) is 0.728. The zero-order valence-corrected chi connectivity index (χ0v) is 12.0. The molecule has 2 heterocycles. The van der Waals surface area contributed by atoms with Gasteiger partial charge in [0, 0.05) is 11.8 Å². The molecule has 22 heavy (non-hydrogen) atoms. The highest BCUT2D eigenvalue weighted by molar-refractivity contribution is 5.63. The van der Waals surface area contributed by atoms with Crippen LogP contribution in [0, 0.1) is 0 Å². The second kappa shape index (κ2) is 5.72. The fourth-order valence-electron chi connectivity index (χ4n) is 2.02. The Balaban J connectivity index is 2.01. The molecule has 0 aliphatic heterocycles. The predicted molar refractivity (Wildman–Crippen MR) is 78.9 cm³/mol. The van der Waals surface area contributed by atoms with Gasteiger partial charge in [-0.2, -0.15) is 4.98 Å². The van der Waals surface area contributed by atoms with Crippen LogP contribution < -0.4 is 15.0 Å². The van der Waals surface area contributed by atoms with Gasteiger partial charge >= 0.3 is 0 Å². The summed E-state index contributed by atoms with van der Waals surface area (Å²) in [5.74, 6) is 1.68. The van der Waals surface area contributed by atoms with Gasteiger partial charge < -0.3 is 19.0 Å². The Morgan fingerprint density at radius 3 is 2.68 bits per heavy atom. The monoisotopic (exact) mass is 299 g/mol.